The van der Waals surface area contributed by atoms with Crippen molar-refractivity contribution < 1.29 is 13.2 Å². The fraction of sp³-hybridized carbons (Fsp3) is 0.409. The van der Waals surface area contributed by atoms with Crippen LogP contribution in [0.2, 0.25) is 0 Å². The van der Waals surface area contributed by atoms with Crippen LogP contribution in [0.15, 0.2) is 47.4 Å². The number of nitrogens with one attached hydrogen (secondary N) is 2. The molecule has 2 rings (SSSR count). The van der Waals surface area contributed by atoms with Crippen molar-refractivity contribution in [1.29, 1.82) is 0 Å². The molecule has 0 saturated heterocycles. The first kappa shape index (κ1) is 22.9. The smallest absolute Gasteiger partial charge is 0.243 e. The second-order valence-corrected chi connectivity index (χ2v) is 8.86. The Labute approximate surface area is 174 Å². The highest BCUT2D eigenvalue weighted by Crippen LogP contribution is 2.23. The van der Waals surface area contributed by atoms with Gasteiger partial charge in [-0.2, -0.15) is 4.31 Å². The summed E-state index contributed by atoms with van der Waals surface area (Å²) in [6, 6.07) is 13.3. The van der Waals surface area contributed by atoms with Gasteiger partial charge in [-0.1, -0.05) is 44.2 Å². The third-order valence-corrected chi connectivity index (χ3v) is 7.13. The van der Waals surface area contributed by atoms with Crippen molar-refractivity contribution >= 4 is 21.6 Å². The average Bonchev–Trinajstić information content (AvgIpc) is 2.69. The molecule has 0 unspecified atom stereocenters. The largest absolute Gasteiger partial charge is 0.376 e. The summed E-state index contributed by atoms with van der Waals surface area (Å²) in [7, 11) is -3.55. The molecule has 0 aliphatic rings. The Balaban J connectivity index is 1.95. The number of carbonyl (C=O) groups excluding carboxylic acids is 1. The Hall–Kier alpha value is -2.38. The zero-order chi connectivity index (χ0) is 21.4. The highest BCUT2D eigenvalue weighted by molar-refractivity contribution is 7.89. The van der Waals surface area contributed by atoms with Gasteiger partial charge in [-0.15, -0.1) is 0 Å². The van der Waals surface area contributed by atoms with Gasteiger partial charge in [-0.25, -0.2) is 8.42 Å². The molecule has 0 spiro atoms. The second-order valence-electron chi connectivity index (χ2n) is 6.95. The zero-order valence-corrected chi connectivity index (χ0v) is 18.5. The molecule has 0 bridgehead atoms. The monoisotopic (exact) mass is 417 g/mol. The first-order chi connectivity index (χ1) is 13.8. The summed E-state index contributed by atoms with van der Waals surface area (Å²) < 4.78 is 27.1. The van der Waals surface area contributed by atoms with Crippen LogP contribution in [-0.4, -0.2) is 44.8 Å². The number of rotatable bonds is 10. The molecule has 2 aromatic rings. The van der Waals surface area contributed by atoms with E-state index in [2.05, 4.69) is 29.7 Å². The predicted octanol–water partition coefficient (Wildman–Crippen LogP) is 3.10. The lowest BCUT2D eigenvalue weighted by Gasteiger charge is -2.20. The molecule has 2 aromatic carbocycles. The number of sulfonamides is 1. The van der Waals surface area contributed by atoms with Crippen LogP contribution in [0.4, 0.5) is 5.69 Å². The lowest BCUT2D eigenvalue weighted by atomic mass is 10.1. The van der Waals surface area contributed by atoms with E-state index in [9.17, 15) is 13.2 Å². The molecule has 7 heteroatoms. The number of carbonyl (C=O) groups is 1. The van der Waals surface area contributed by atoms with Crippen LogP contribution >= 0.6 is 0 Å². The van der Waals surface area contributed by atoms with E-state index in [-0.39, 0.29) is 17.3 Å². The Morgan fingerprint density at radius 3 is 2.34 bits per heavy atom. The Morgan fingerprint density at radius 2 is 1.69 bits per heavy atom. The molecule has 0 aliphatic carbocycles. The predicted molar refractivity (Wildman–Crippen MR) is 118 cm³/mol. The molecule has 0 radical (unpaired) electrons. The van der Waals surface area contributed by atoms with Gasteiger partial charge in [0, 0.05) is 25.3 Å². The zero-order valence-electron chi connectivity index (χ0n) is 17.7. The number of anilines is 1. The maximum atomic E-state index is 12.8. The number of aryl methyl sites for hydroxylation is 2. The molecule has 2 N–H and O–H groups in total. The molecule has 0 aliphatic heterocycles. The maximum absolute atomic E-state index is 12.8. The van der Waals surface area contributed by atoms with Gasteiger partial charge < -0.3 is 10.6 Å². The third-order valence-electron chi connectivity index (χ3n) is 4.94. The molecular formula is C22H31N3O3S. The minimum atomic E-state index is -3.55. The Morgan fingerprint density at radius 1 is 1.00 bits per heavy atom. The molecule has 0 heterocycles. The van der Waals surface area contributed by atoms with E-state index in [1.165, 1.54) is 15.4 Å². The van der Waals surface area contributed by atoms with E-state index in [0.29, 0.717) is 30.9 Å². The van der Waals surface area contributed by atoms with E-state index >= 15 is 0 Å². The van der Waals surface area contributed by atoms with Crippen LogP contribution in [0.5, 0.6) is 0 Å². The minimum absolute atomic E-state index is 0.0849. The molecule has 29 heavy (non-hydrogen) atoms. The molecule has 0 atom stereocenters. The fourth-order valence-electron chi connectivity index (χ4n) is 3.16. The molecule has 0 aromatic heterocycles. The standard InChI is InChI=1S/C22H31N3O3S/c1-5-25(6-2)29(27,28)21-15-20(12-11-18(21)4)24-16-22(26)23-14-13-19-10-8-7-9-17(19)3/h7-12,15,24H,5-6,13-14,16H2,1-4H3,(H,23,26). The Bertz CT molecular complexity index is 938. The van der Waals surface area contributed by atoms with Crippen molar-refractivity contribution in [3.05, 3.63) is 59.2 Å². The average molecular weight is 418 g/mol. The lowest BCUT2D eigenvalue weighted by molar-refractivity contribution is -0.119. The Kier molecular flexibility index (Phi) is 8.22. The van der Waals surface area contributed by atoms with Crippen LogP contribution in [-0.2, 0) is 21.2 Å². The summed E-state index contributed by atoms with van der Waals surface area (Å²) in [5.41, 5.74) is 3.72. The number of benzene rings is 2. The molecule has 0 saturated carbocycles. The van der Waals surface area contributed by atoms with E-state index in [1.807, 2.05) is 26.0 Å². The summed E-state index contributed by atoms with van der Waals surface area (Å²) in [6.07, 6.45) is 0.773. The number of nitrogens with zero attached hydrogens (tertiary/aromatic N) is 1. The van der Waals surface area contributed by atoms with Crippen LogP contribution in [0.1, 0.15) is 30.5 Å². The van der Waals surface area contributed by atoms with Gasteiger partial charge in [0.2, 0.25) is 15.9 Å². The topological polar surface area (TPSA) is 78.5 Å². The van der Waals surface area contributed by atoms with Crippen LogP contribution in [0, 0.1) is 13.8 Å². The maximum Gasteiger partial charge on any atom is 0.243 e. The first-order valence-corrected chi connectivity index (χ1v) is 11.4. The molecule has 0 fully saturated rings. The summed E-state index contributed by atoms with van der Waals surface area (Å²) in [4.78, 5) is 12.4. The number of hydrogen-bond acceptors (Lipinski definition) is 4. The van der Waals surface area contributed by atoms with Crippen LogP contribution in [0.3, 0.4) is 0 Å². The van der Waals surface area contributed by atoms with Gasteiger partial charge in [-0.3, -0.25) is 4.79 Å². The molecule has 158 valence electrons. The first-order valence-electron chi connectivity index (χ1n) is 9.95. The summed E-state index contributed by atoms with van der Waals surface area (Å²) in [5, 5.41) is 5.92. The van der Waals surface area contributed by atoms with Crippen molar-refractivity contribution in [3.63, 3.8) is 0 Å². The highest BCUT2D eigenvalue weighted by Gasteiger charge is 2.23. The van der Waals surface area contributed by atoms with Gasteiger partial charge in [0.25, 0.3) is 0 Å². The minimum Gasteiger partial charge on any atom is -0.376 e. The van der Waals surface area contributed by atoms with Gasteiger partial charge in [0.1, 0.15) is 0 Å². The summed E-state index contributed by atoms with van der Waals surface area (Å²) in [6.45, 7) is 8.94. The van der Waals surface area contributed by atoms with Crippen molar-refractivity contribution in [1.82, 2.24) is 9.62 Å². The fourth-order valence-corrected chi connectivity index (χ4v) is 4.87. The van der Waals surface area contributed by atoms with E-state index in [4.69, 9.17) is 0 Å². The van der Waals surface area contributed by atoms with E-state index < -0.39 is 10.0 Å². The summed E-state index contributed by atoms with van der Waals surface area (Å²) >= 11 is 0. The highest BCUT2D eigenvalue weighted by atomic mass is 32.2. The molecule has 1 amide bonds. The van der Waals surface area contributed by atoms with Crippen LogP contribution < -0.4 is 10.6 Å². The number of hydrogen-bond donors (Lipinski definition) is 2. The van der Waals surface area contributed by atoms with Crippen molar-refractivity contribution in [2.24, 2.45) is 0 Å². The van der Waals surface area contributed by atoms with Crippen molar-refractivity contribution in [2.75, 3.05) is 31.5 Å². The van der Waals surface area contributed by atoms with Gasteiger partial charge in [0.05, 0.1) is 11.4 Å². The quantitative estimate of drug-likeness (QED) is 0.623. The molecule has 6 nitrogen and oxygen atoms in total. The van der Waals surface area contributed by atoms with Gasteiger partial charge >= 0.3 is 0 Å². The summed E-state index contributed by atoms with van der Waals surface area (Å²) in [5.74, 6) is -0.132. The SMILES string of the molecule is CCN(CC)S(=O)(=O)c1cc(NCC(=O)NCCc2ccccc2C)ccc1C. The lowest BCUT2D eigenvalue weighted by Crippen LogP contribution is -2.32. The van der Waals surface area contributed by atoms with Gasteiger partial charge in [0.15, 0.2) is 0 Å². The third kappa shape index (κ3) is 6.05. The van der Waals surface area contributed by atoms with E-state index in [1.54, 1.807) is 25.1 Å². The van der Waals surface area contributed by atoms with E-state index in [0.717, 1.165) is 6.42 Å². The van der Waals surface area contributed by atoms with Crippen LogP contribution in [0.25, 0.3) is 0 Å². The second kappa shape index (κ2) is 10.4. The number of amides is 1. The van der Waals surface area contributed by atoms with Crippen molar-refractivity contribution in [2.45, 2.75) is 39.0 Å². The molecular weight excluding hydrogens is 386 g/mol. The van der Waals surface area contributed by atoms with Gasteiger partial charge in [-0.05, 0) is 49.1 Å². The normalized spacial score (nSPS) is 11.5. The van der Waals surface area contributed by atoms with Crippen molar-refractivity contribution in [3.8, 4) is 0 Å².